The Morgan fingerprint density at radius 2 is 1.91 bits per heavy atom. The predicted octanol–water partition coefficient (Wildman–Crippen LogP) is 2.17. The Hall–Kier alpha value is -1.96. The number of hydrogen-bond acceptors (Lipinski definition) is 4. The maximum atomic E-state index is 13.6. The van der Waals surface area contributed by atoms with E-state index in [1.807, 2.05) is 0 Å². The molecule has 0 unspecified atom stereocenters. The van der Waals surface area contributed by atoms with Crippen LogP contribution in [0.2, 0.25) is 0 Å². The largest absolute Gasteiger partial charge is 0.264 e. The van der Waals surface area contributed by atoms with E-state index in [0.717, 1.165) is 31.6 Å². The van der Waals surface area contributed by atoms with Crippen LogP contribution in [0.3, 0.4) is 0 Å². The molecule has 3 rings (SSSR count). The summed E-state index contributed by atoms with van der Waals surface area (Å²) in [6.45, 7) is 3.82. The Balaban J connectivity index is 1.92. The summed E-state index contributed by atoms with van der Waals surface area (Å²) in [5.41, 5.74) is 0.579. The first kappa shape index (κ1) is 15.0. The van der Waals surface area contributed by atoms with E-state index in [1.165, 1.54) is 26.0 Å². The van der Waals surface area contributed by atoms with Gasteiger partial charge in [-0.25, -0.2) is 22.2 Å². The van der Waals surface area contributed by atoms with E-state index in [4.69, 9.17) is 0 Å². The molecule has 1 N–H and O–H groups in total. The number of anilines is 1. The Morgan fingerprint density at radius 3 is 2.55 bits per heavy atom. The number of fused-ring (bicyclic) bond motifs is 1. The van der Waals surface area contributed by atoms with Gasteiger partial charge in [0.25, 0.3) is 16.0 Å². The lowest BCUT2D eigenvalue weighted by atomic mass is 10.1. The number of benzene rings is 1. The van der Waals surface area contributed by atoms with Gasteiger partial charge in [0.05, 0.1) is 4.90 Å². The average molecular weight is 324 g/mol. The van der Waals surface area contributed by atoms with Crippen LogP contribution < -0.4 is 4.72 Å². The van der Waals surface area contributed by atoms with Gasteiger partial charge in [-0.1, -0.05) is 0 Å². The number of aromatic nitrogens is 3. The third kappa shape index (κ3) is 2.70. The number of aryl methyl sites for hydroxylation is 4. The molecule has 118 valence electrons. The highest BCUT2D eigenvalue weighted by Crippen LogP contribution is 2.21. The van der Waals surface area contributed by atoms with Crippen molar-refractivity contribution in [2.75, 3.05) is 4.72 Å². The summed E-state index contributed by atoms with van der Waals surface area (Å²) < 4.78 is 42.5. The van der Waals surface area contributed by atoms with Crippen molar-refractivity contribution in [3.63, 3.8) is 0 Å². The van der Waals surface area contributed by atoms with Crippen LogP contribution in [-0.2, 0) is 23.0 Å². The molecule has 0 atom stereocenters. The highest BCUT2D eigenvalue weighted by atomic mass is 32.2. The van der Waals surface area contributed by atoms with Crippen molar-refractivity contribution < 1.29 is 12.8 Å². The third-order valence-corrected chi connectivity index (χ3v) is 5.02. The molecule has 0 bridgehead atoms. The SMILES string of the molecule is Cc1cc(S(=O)(=O)Nc2nc3n(n2)CCCC3)cc(C)c1F. The Labute approximate surface area is 128 Å². The van der Waals surface area contributed by atoms with Gasteiger partial charge in [0.1, 0.15) is 11.6 Å². The summed E-state index contributed by atoms with van der Waals surface area (Å²) in [6, 6.07) is 2.61. The van der Waals surface area contributed by atoms with Crippen LogP contribution in [0.25, 0.3) is 0 Å². The predicted molar refractivity (Wildman–Crippen MR) is 79.6 cm³/mol. The molecule has 2 aromatic rings. The van der Waals surface area contributed by atoms with Gasteiger partial charge in [0, 0.05) is 13.0 Å². The third-order valence-electron chi connectivity index (χ3n) is 3.71. The van der Waals surface area contributed by atoms with E-state index in [9.17, 15) is 12.8 Å². The van der Waals surface area contributed by atoms with Crippen LogP contribution >= 0.6 is 0 Å². The maximum Gasteiger partial charge on any atom is 0.264 e. The molecule has 22 heavy (non-hydrogen) atoms. The number of rotatable bonds is 3. The van der Waals surface area contributed by atoms with Crippen LogP contribution in [0, 0.1) is 19.7 Å². The van der Waals surface area contributed by atoms with Gasteiger partial charge in [-0.05, 0) is 49.9 Å². The molecule has 1 aromatic heterocycles. The number of halogens is 1. The lowest BCUT2D eigenvalue weighted by Crippen LogP contribution is -2.15. The molecular weight excluding hydrogens is 307 g/mol. The molecule has 0 fully saturated rings. The van der Waals surface area contributed by atoms with Gasteiger partial charge < -0.3 is 0 Å². The number of nitrogens with zero attached hydrogens (tertiary/aromatic N) is 3. The minimum atomic E-state index is -3.83. The number of nitrogens with one attached hydrogen (secondary N) is 1. The normalized spacial score (nSPS) is 14.7. The van der Waals surface area contributed by atoms with Gasteiger partial charge in [-0.3, -0.25) is 0 Å². The van der Waals surface area contributed by atoms with Crippen molar-refractivity contribution in [2.45, 2.75) is 44.6 Å². The van der Waals surface area contributed by atoms with Crippen molar-refractivity contribution in [1.82, 2.24) is 14.8 Å². The maximum absolute atomic E-state index is 13.6. The fraction of sp³-hybridized carbons (Fsp3) is 0.429. The highest BCUT2D eigenvalue weighted by Gasteiger charge is 2.21. The van der Waals surface area contributed by atoms with Crippen LogP contribution in [0.1, 0.15) is 29.8 Å². The summed E-state index contributed by atoms with van der Waals surface area (Å²) in [5, 5.41) is 4.17. The monoisotopic (exact) mass is 324 g/mol. The molecule has 0 amide bonds. The molecule has 0 saturated heterocycles. The number of hydrogen-bond donors (Lipinski definition) is 1. The van der Waals surface area contributed by atoms with Crippen molar-refractivity contribution in [2.24, 2.45) is 0 Å². The minimum absolute atomic E-state index is 0.0108. The standard InChI is InChI=1S/C14H17FN4O2S/c1-9-7-11(8-10(2)13(9)15)22(20,21)18-14-16-12-5-3-4-6-19(12)17-14/h7-8H,3-6H2,1-2H3,(H,17,18). The van der Waals surface area contributed by atoms with E-state index in [-0.39, 0.29) is 22.0 Å². The Bertz CT molecular complexity index is 783. The summed E-state index contributed by atoms with van der Waals surface area (Å²) in [7, 11) is -3.83. The summed E-state index contributed by atoms with van der Waals surface area (Å²) in [4.78, 5) is 4.22. The van der Waals surface area contributed by atoms with Gasteiger partial charge in [0.15, 0.2) is 0 Å². The number of sulfonamides is 1. The Kier molecular flexibility index (Phi) is 3.64. The highest BCUT2D eigenvalue weighted by molar-refractivity contribution is 7.92. The zero-order valence-electron chi connectivity index (χ0n) is 12.4. The first-order valence-corrected chi connectivity index (χ1v) is 8.58. The zero-order chi connectivity index (χ0) is 15.9. The lowest BCUT2D eigenvalue weighted by Gasteiger charge is -2.09. The topological polar surface area (TPSA) is 76.9 Å². The van der Waals surface area contributed by atoms with Crippen LogP contribution in [0.15, 0.2) is 17.0 Å². The van der Waals surface area contributed by atoms with E-state index in [0.29, 0.717) is 0 Å². The van der Waals surface area contributed by atoms with Crippen molar-refractivity contribution in [3.8, 4) is 0 Å². The van der Waals surface area contributed by atoms with E-state index in [2.05, 4.69) is 14.8 Å². The van der Waals surface area contributed by atoms with Gasteiger partial charge in [-0.2, -0.15) is 4.98 Å². The molecule has 0 radical (unpaired) electrons. The molecular formula is C14H17FN4O2S. The van der Waals surface area contributed by atoms with Gasteiger partial charge >= 0.3 is 0 Å². The first-order valence-electron chi connectivity index (χ1n) is 7.10. The molecule has 2 heterocycles. The second kappa shape index (κ2) is 5.35. The molecule has 8 heteroatoms. The lowest BCUT2D eigenvalue weighted by molar-refractivity contribution is 0.480. The van der Waals surface area contributed by atoms with Crippen molar-refractivity contribution in [1.29, 1.82) is 0 Å². The molecule has 0 aliphatic carbocycles. The van der Waals surface area contributed by atoms with Gasteiger partial charge in [0.2, 0.25) is 0 Å². The van der Waals surface area contributed by atoms with E-state index < -0.39 is 15.8 Å². The first-order chi connectivity index (χ1) is 10.4. The zero-order valence-corrected chi connectivity index (χ0v) is 13.2. The fourth-order valence-electron chi connectivity index (χ4n) is 2.57. The molecule has 6 nitrogen and oxygen atoms in total. The quantitative estimate of drug-likeness (QED) is 0.939. The van der Waals surface area contributed by atoms with E-state index in [1.54, 1.807) is 4.68 Å². The molecule has 0 saturated carbocycles. The second-order valence-electron chi connectivity index (χ2n) is 5.51. The fourth-order valence-corrected chi connectivity index (χ4v) is 3.68. The minimum Gasteiger partial charge on any atom is -0.248 e. The molecule has 1 aliphatic rings. The van der Waals surface area contributed by atoms with Crippen LogP contribution in [0.4, 0.5) is 10.3 Å². The van der Waals surface area contributed by atoms with Crippen LogP contribution in [0.5, 0.6) is 0 Å². The summed E-state index contributed by atoms with van der Waals surface area (Å²) in [5.74, 6) is 0.460. The Morgan fingerprint density at radius 1 is 1.23 bits per heavy atom. The van der Waals surface area contributed by atoms with E-state index >= 15 is 0 Å². The van der Waals surface area contributed by atoms with Gasteiger partial charge in [-0.15, -0.1) is 5.10 Å². The molecule has 1 aromatic carbocycles. The molecule has 0 spiro atoms. The summed E-state index contributed by atoms with van der Waals surface area (Å²) in [6.07, 6.45) is 2.84. The average Bonchev–Trinajstić information content (AvgIpc) is 2.85. The summed E-state index contributed by atoms with van der Waals surface area (Å²) >= 11 is 0. The van der Waals surface area contributed by atoms with Crippen molar-refractivity contribution in [3.05, 3.63) is 34.9 Å². The molecule has 1 aliphatic heterocycles. The van der Waals surface area contributed by atoms with Crippen LogP contribution in [-0.4, -0.2) is 23.2 Å². The van der Waals surface area contributed by atoms with Crippen molar-refractivity contribution >= 4 is 16.0 Å². The smallest absolute Gasteiger partial charge is 0.248 e. The second-order valence-corrected chi connectivity index (χ2v) is 7.19.